The number of amides is 2. The molecule has 2 heterocycles. The summed E-state index contributed by atoms with van der Waals surface area (Å²) in [5, 5.41) is 8.76. The predicted octanol–water partition coefficient (Wildman–Crippen LogP) is 3.82. The Kier molecular flexibility index (Phi) is 5.65. The minimum atomic E-state index is -0.539. The van der Waals surface area contributed by atoms with Crippen LogP contribution in [0.25, 0.3) is 0 Å². The summed E-state index contributed by atoms with van der Waals surface area (Å²) in [4.78, 5) is 28.2. The number of benzene rings is 1. The lowest BCUT2D eigenvalue weighted by atomic mass is 10.1. The van der Waals surface area contributed by atoms with Crippen LogP contribution in [0.15, 0.2) is 45.5 Å². The number of unbranched alkanes of at least 4 members (excludes halogenated alkanes) is 1. The molecule has 0 radical (unpaired) electrons. The van der Waals surface area contributed by atoms with Crippen LogP contribution in [-0.2, 0) is 6.42 Å². The maximum absolute atomic E-state index is 12.3. The number of nitrogens with zero attached hydrogens (tertiary/aromatic N) is 2. The van der Waals surface area contributed by atoms with Gasteiger partial charge in [0.1, 0.15) is 12.0 Å². The lowest BCUT2D eigenvalue weighted by Gasteiger charge is -2.04. The van der Waals surface area contributed by atoms with Crippen molar-refractivity contribution >= 4 is 23.5 Å². The topological polar surface area (TPSA) is 110 Å². The Hall–Kier alpha value is -3.42. The Bertz CT molecular complexity index is 927. The molecule has 0 aliphatic carbocycles. The van der Waals surface area contributed by atoms with E-state index in [-0.39, 0.29) is 17.4 Å². The highest BCUT2D eigenvalue weighted by Crippen LogP contribution is 2.15. The molecule has 0 fully saturated rings. The number of carbonyl (C=O) groups is 2. The highest BCUT2D eigenvalue weighted by atomic mass is 16.5. The first kappa shape index (κ1) is 18.4. The number of aromatic nitrogens is 2. The molecule has 0 aliphatic rings. The largest absolute Gasteiger partial charge is 0.431 e. The molecule has 2 amide bonds. The van der Waals surface area contributed by atoms with Gasteiger partial charge in [0.05, 0.1) is 0 Å². The second kappa shape index (κ2) is 8.31. The third-order valence-corrected chi connectivity index (χ3v) is 3.85. The van der Waals surface area contributed by atoms with E-state index >= 15 is 0 Å². The van der Waals surface area contributed by atoms with Crippen LogP contribution < -0.4 is 10.6 Å². The van der Waals surface area contributed by atoms with Crippen LogP contribution in [0.5, 0.6) is 0 Å². The summed E-state index contributed by atoms with van der Waals surface area (Å²) in [6, 6.07) is 9.05. The fourth-order valence-corrected chi connectivity index (χ4v) is 2.40. The average molecular weight is 368 g/mol. The molecule has 3 aromatic rings. The fourth-order valence-electron chi connectivity index (χ4n) is 2.40. The first-order chi connectivity index (χ1) is 13.0. The monoisotopic (exact) mass is 368 g/mol. The summed E-state index contributed by atoms with van der Waals surface area (Å²) < 4.78 is 9.96. The van der Waals surface area contributed by atoms with Crippen LogP contribution in [0.4, 0.5) is 11.7 Å². The SMILES string of the molecule is CCCCc1ccc(NC(=O)c2coc(NC(=O)c3cc(C)on3)n2)cc1. The van der Waals surface area contributed by atoms with Crippen molar-refractivity contribution in [3.8, 4) is 0 Å². The number of carbonyl (C=O) groups excluding carboxylic acids is 2. The van der Waals surface area contributed by atoms with Gasteiger partial charge in [-0.25, -0.2) is 0 Å². The summed E-state index contributed by atoms with van der Waals surface area (Å²) in [5.41, 5.74) is 2.04. The molecule has 0 aliphatic heterocycles. The zero-order valence-electron chi connectivity index (χ0n) is 15.1. The molecular formula is C19H20N4O4. The number of anilines is 2. The van der Waals surface area contributed by atoms with E-state index in [1.165, 1.54) is 17.9 Å². The van der Waals surface area contributed by atoms with Gasteiger partial charge in [0, 0.05) is 11.8 Å². The molecule has 0 saturated carbocycles. The van der Waals surface area contributed by atoms with Crippen LogP contribution in [0.3, 0.4) is 0 Å². The molecule has 8 nitrogen and oxygen atoms in total. The number of aryl methyl sites for hydroxylation is 2. The highest BCUT2D eigenvalue weighted by molar-refractivity contribution is 6.04. The van der Waals surface area contributed by atoms with Crippen molar-refractivity contribution in [2.45, 2.75) is 33.1 Å². The van der Waals surface area contributed by atoms with Crippen LogP contribution in [0.1, 0.15) is 52.1 Å². The highest BCUT2D eigenvalue weighted by Gasteiger charge is 2.17. The molecule has 140 valence electrons. The first-order valence-electron chi connectivity index (χ1n) is 8.65. The van der Waals surface area contributed by atoms with Gasteiger partial charge < -0.3 is 14.3 Å². The maximum Gasteiger partial charge on any atom is 0.302 e. The molecule has 0 bridgehead atoms. The Morgan fingerprint density at radius 3 is 2.48 bits per heavy atom. The van der Waals surface area contributed by atoms with Gasteiger partial charge in [-0.2, -0.15) is 4.98 Å². The molecule has 3 rings (SSSR count). The fraction of sp³-hybridized carbons (Fsp3) is 0.263. The van der Waals surface area contributed by atoms with Gasteiger partial charge in [0.2, 0.25) is 0 Å². The van der Waals surface area contributed by atoms with Gasteiger partial charge in [-0.1, -0.05) is 30.6 Å². The average Bonchev–Trinajstić information content (AvgIpc) is 3.30. The zero-order chi connectivity index (χ0) is 19.2. The second-order valence-electron chi connectivity index (χ2n) is 6.07. The standard InChI is InChI=1S/C19H20N4O4/c1-3-4-5-13-6-8-14(9-7-13)20-18(25)16-11-26-19(21-16)22-17(24)15-10-12(2)27-23-15/h6-11H,3-5H2,1-2H3,(H,20,25)(H,21,22,24). The van der Waals surface area contributed by atoms with Crippen molar-refractivity contribution in [1.82, 2.24) is 10.1 Å². The van der Waals surface area contributed by atoms with E-state index < -0.39 is 11.8 Å². The van der Waals surface area contributed by atoms with Crippen molar-refractivity contribution in [1.29, 1.82) is 0 Å². The number of oxazole rings is 1. The van der Waals surface area contributed by atoms with Crippen molar-refractivity contribution < 1.29 is 18.5 Å². The van der Waals surface area contributed by atoms with Gasteiger partial charge >= 0.3 is 6.01 Å². The van der Waals surface area contributed by atoms with E-state index in [9.17, 15) is 9.59 Å². The second-order valence-corrected chi connectivity index (χ2v) is 6.07. The van der Waals surface area contributed by atoms with Crippen LogP contribution in [-0.4, -0.2) is 22.0 Å². The van der Waals surface area contributed by atoms with E-state index in [1.807, 2.05) is 24.3 Å². The molecule has 0 saturated heterocycles. The summed E-state index contributed by atoms with van der Waals surface area (Å²) >= 11 is 0. The van der Waals surface area contributed by atoms with Gasteiger partial charge in [-0.3, -0.25) is 14.9 Å². The molecule has 8 heteroatoms. The van der Waals surface area contributed by atoms with Crippen molar-refractivity contribution in [3.63, 3.8) is 0 Å². The van der Waals surface area contributed by atoms with Crippen molar-refractivity contribution in [3.05, 3.63) is 59.3 Å². The smallest absolute Gasteiger partial charge is 0.302 e. The molecule has 2 aromatic heterocycles. The van der Waals surface area contributed by atoms with Gasteiger partial charge in [0.15, 0.2) is 11.4 Å². The Morgan fingerprint density at radius 2 is 1.81 bits per heavy atom. The van der Waals surface area contributed by atoms with Crippen molar-refractivity contribution in [2.75, 3.05) is 10.6 Å². The number of hydrogen-bond acceptors (Lipinski definition) is 6. The lowest BCUT2D eigenvalue weighted by Crippen LogP contribution is -2.14. The molecule has 0 spiro atoms. The molecule has 2 N–H and O–H groups in total. The molecule has 0 unspecified atom stereocenters. The summed E-state index contributed by atoms with van der Waals surface area (Å²) in [7, 11) is 0. The minimum Gasteiger partial charge on any atom is -0.431 e. The zero-order valence-corrected chi connectivity index (χ0v) is 15.1. The van der Waals surface area contributed by atoms with E-state index in [4.69, 9.17) is 8.94 Å². The Balaban J connectivity index is 1.58. The van der Waals surface area contributed by atoms with Crippen LogP contribution in [0.2, 0.25) is 0 Å². The summed E-state index contributed by atoms with van der Waals surface area (Å²) in [6.07, 6.45) is 4.46. The summed E-state index contributed by atoms with van der Waals surface area (Å²) in [5.74, 6) is -0.463. The van der Waals surface area contributed by atoms with E-state index in [2.05, 4.69) is 27.7 Å². The Labute approximate surface area is 156 Å². The van der Waals surface area contributed by atoms with Gasteiger partial charge in [-0.15, -0.1) is 0 Å². The Morgan fingerprint density at radius 1 is 1.07 bits per heavy atom. The number of nitrogens with one attached hydrogen (secondary N) is 2. The van der Waals surface area contributed by atoms with Gasteiger partial charge in [0.25, 0.3) is 11.8 Å². The normalized spacial score (nSPS) is 10.6. The van der Waals surface area contributed by atoms with Crippen LogP contribution in [0, 0.1) is 6.92 Å². The predicted molar refractivity (Wildman–Crippen MR) is 98.7 cm³/mol. The van der Waals surface area contributed by atoms with Gasteiger partial charge in [-0.05, 0) is 37.5 Å². The third-order valence-electron chi connectivity index (χ3n) is 3.85. The minimum absolute atomic E-state index is 0.0525. The quantitative estimate of drug-likeness (QED) is 0.656. The third kappa shape index (κ3) is 4.81. The molecule has 1 aromatic carbocycles. The maximum atomic E-state index is 12.3. The van der Waals surface area contributed by atoms with Crippen LogP contribution >= 0.6 is 0 Å². The molecule has 27 heavy (non-hydrogen) atoms. The molecular weight excluding hydrogens is 348 g/mol. The number of rotatable bonds is 7. The number of hydrogen-bond donors (Lipinski definition) is 2. The molecule has 0 atom stereocenters. The lowest BCUT2D eigenvalue weighted by molar-refractivity contribution is 0.100. The van der Waals surface area contributed by atoms with Crippen molar-refractivity contribution in [2.24, 2.45) is 0 Å². The first-order valence-corrected chi connectivity index (χ1v) is 8.65. The van der Waals surface area contributed by atoms with E-state index in [0.717, 1.165) is 19.3 Å². The van der Waals surface area contributed by atoms with E-state index in [1.54, 1.807) is 6.92 Å². The summed E-state index contributed by atoms with van der Waals surface area (Å²) in [6.45, 7) is 3.82. The van der Waals surface area contributed by atoms with E-state index in [0.29, 0.717) is 11.4 Å².